The second kappa shape index (κ2) is 9.80. The number of aromatic nitrogens is 4. The van der Waals surface area contributed by atoms with Crippen LogP contribution < -0.4 is 10.6 Å². The predicted octanol–water partition coefficient (Wildman–Crippen LogP) is 3.53. The van der Waals surface area contributed by atoms with Crippen LogP contribution in [0.25, 0.3) is 10.9 Å². The molecule has 0 spiro atoms. The standard InChI is InChI=1S/C22H31N7.HI/c1-14(2)21-27-19-9-8-17(13-29(19)28-21)26-22(23-4)24-11-10-16-12-25-20-15(3)6-5-7-18(16)20;/h5-7,12,14,17,25H,8-11,13H2,1-4H3,(H2,23,24,26);1H. The third kappa shape index (κ3) is 4.79. The zero-order valence-electron chi connectivity index (χ0n) is 18.2. The van der Waals surface area contributed by atoms with Gasteiger partial charge in [0.15, 0.2) is 11.8 Å². The van der Waals surface area contributed by atoms with Crippen LogP contribution >= 0.6 is 24.0 Å². The van der Waals surface area contributed by atoms with Gasteiger partial charge in [-0.15, -0.1) is 24.0 Å². The topological polar surface area (TPSA) is 82.9 Å². The molecular formula is C22H32IN7. The number of halogens is 1. The van der Waals surface area contributed by atoms with Crippen LogP contribution in [0.5, 0.6) is 0 Å². The van der Waals surface area contributed by atoms with Gasteiger partial charge in [-0.05, 0) is 30.9 Å². The maximum Gasteiger partial charge on any atom is 0.191 e. The van der Waals surface area contributed by atoms with Crippen molar-refractivity contribution in [3.8, 4) is 0 Å². The predicted molar refractivity (Wildman–Crippen MR) is 133 cm³/mol. The lowest BCUT2D eigenvalue weighted by atomic mass is 10.1. The third-order valence-electron chi connectivity index (χ3n) is 5.65. The molecule has 1 aromatic carbocycles. The summed E-state index contributed by atoms with van der Waals surface area (Å²) in [6.45, 7) is 8.08. The molecule has 7 nitrogen and oxygen atoms in total. The Bertz CT molecular complexity index is 1020. The molecule has 3 N–H and O–H groups in total. The van der Waals surface area contributed by atoms with E-state index in [-0.39, 0.29) is 24.0 Å². The second-order valence-corrected chi connectivity index (χ2v) is 8.16. The largest absolute Gasteiger partial charge is 0.361 e. The average Bonchev–Trinajstić information content (AvgIpc) is 3.32. The zero-order valence-corrected chi connectivity index (χ0v) is 20.5. The van der Waals surface area contributed by atoms with Gasteiger partial charge < -0.3 is 15.6 Å². The number of nitrogens with zero attached hydrogens (tertiary/aromatic N) is 4. The van der Waals surface area contributed by atoms with Gasteiger partial charge in [0, 0.05) is 49.1 Å². The highest BCUT2D eigenvalue weighted by Crippen LogP contribution is 2.21. The molecule has 30 heavy (non-hydrogen) atoms. The number of hydrogen-bond acceptors (Lipinski definition) is 3. The minimum Gasteiger partial charge on any atom is -0.361 e. The molecule has 1 aliphatic rings. The Morgan fingerprint density at radius 1 is 1.37 bits per heavy atom. The number of aryl methyl sites for hydroxylation is 2. The lowest BCUT2D eigenvalue weighted by Crippen LogP contribution is -2.47. The molecule has 1 aliphatic heterocycles. The molecule has 0 amide bonds. The number of hydrogen-bond donors (Lipinski definition) is 3. The van der Waals surface area contributed by atoms with Crippen LogP contribution in [-0.2, 0) is 19.4 Å². The van der Waals surface area contributed by atoms with Crippen molar-refractivity contribution in [1.82, 2.24) is 30.4 Å². The van der Waals surface area contributed by atoms with E-state index in [1.54, 1.807) is 0 Å². The summed E-state index contributed by atoms with van der Waals surface area (Å²) in [5.41, 5.74) is 3.85. The number of H-pyrrole nitrogens is 1. The van der Waals surface area contributed by atoms with Crippen LogP contribution in [0.4, 0.5) is 0 Å². The normalized spacial score (nSPS) is 16.4. The highest BCUT2D eigenvalue weighted by molar-refractivity contribution is 14.0. The van der Waals surface area contributed by atoms with Crippen molar-refractivity contribution in [2.45, 2.75) is 58.5 Å². The number of para-hydroxylation sites is 1. The van der Waals surface area contributed by atoms with Gasteiger partial charge in [0.2, 0.25) is 0 Å². The Kier molecular flexibility index (Phi) is 7.38. The fourth-order valence-electron chi connectivity index (χ4n) is 3.96. The Morgan fingerprint density at radius 3 is 2.97 bits per heavy atom. The number of benzene rings is 1. The first-order valence-electron chi connectivity index (χ1n) is 10.5. The van der Waals surface area contributed by atoms with Gasteiger partial charge in [0.25, 0.3) is 0 Å². The highest BCUT2D eigenvalue weighted by Gasteiger charge is 2.23. The monoisotopic (exact) mass is 521 g/mol. The van der Waals surface area contributed by atoms with Gasteiger partial charge >= 0.3 is 0 Å². The molecule has 3 heterocycles. The van der Waals surface area contributed by atoms with E-state index in [9.17, 15) is 0 Å². The number of aliphatic imine (C=N–C) groups is 1. The van der Waals surface area contributed by atoms with Crippen molar-refractivity contribution in [1.29, 1.82) is 0 Å². The lowest BCUT2D eigenvalue weighted by Gasteiger charge is -2.25. The van der Waals surface area contributed by atoms with E-state index < -0.39 is 0 Å². The van der Waals surface area contributed by atoms with E-state index >= 15 is 0 Å². The van der Waals surface area contributed by atoms with E-state index in [1.165, 1.54) is 22.0 Å². The van der Waals surface area contributed by atoms with Gasteiger partial charge in [0.1, 0.15) is 5.82 Å². The first-order chi connectivity index (χ1) is 14.0. The Balaban J connectivity index is 0.00000256. The van der Waals surface area contributed by atoms with Crippen LogP contribution in [0.3, 0.4) is 0 Å². The van der Waals surface area contributed by atoms with Crippen molar-refractivity contribution < 1.29 is 0 Å². The molecule has 1 atom stereocenters. The summed E-state index contributed by atoms with van der Waals surface area (Å²) in [4.78, 5) is 12.5. The Hall–Kier alpha value is -2.10. The van der Waals surface area contributed by atoms with Crippen LogP contribution in [0, 0.1) is 6.92 Å². The van der Waals surface area contributed by atoms with Crippen molar-refractivity contribution in [2.75, 3.05) is 13.6 Å². The SMILES string of the molecule is CN=C(NCCc1c[nH]c2c(C)cccc12)NC1CCc2nc(C(C)C)nn2C1.I. The maximum absolute atomic E-state index is 4.67. The van der Waals surface area contributed by atoms with E-state index in [0.29, 0.717) is 12.0 Å². The minimum absolute atomic E-state index is 0. The number of aromatic amines is 1. The minimum atomic E-state index is 0. The molecule has 8 heteroatoms. The van der Waals surface area contributed by atoms with E-state index in [4.69, 9.17) is 0 Å². The first-order valence-corrected chi connectivity index (χ1v) is 10.5. The first kappa shape index (κ1) is 22.6. The van der Waals surface area contributed by atoms with Crippen LogP contribution in [0.2, 0.25) is 0 Å². The molecule has 0 saturated carbocycles. The van der Waals surface area contributed by atoms with Gasteiger partial charge in [-0.25, -0.2) is 9.67 Å². The molecule has 0 aliphatic carbocycles. The summed E-state index contributed by atoms with van der Waals surface area (Å²) in [6, 6.07) is 6.76. The molecule has 4 rings (SSSR count). The van der Waals surface area contributed by atoms with Gasteiger partial charge in [-0.3, -0.25) is 4.99 Å². The van der Waals surface area contributed by atoms with Crippen molar-refractivity contribution in [3.63, 3.8) is 0 Å². The second-order valence-electron chi connectivity index (χ2n) is 8.16. The van der Waals surface area contributed by atoms with Crippen LogP contribution in [0.15, 0.2) is 29.4 Å². The van der Waals surface area contributed by atoms with Gasteiger partial charge in [0.05, 0.1) is 6.54 Å². The summed E-state index contributed by atoms with van der Waals surface area (Å²) >= 11 is 0. The quantitative estimate of drug-likeness (QED) is 0.273. The van der Waals surface area contributed by atoms with E-state index in [2.05, 4.69) is 80.5 Å². The number of rotatable bonds is 5. The zero-order chi connectivity index (χ0) is 20.4. The highest BCUT2D eigenvalue weighted by atomic mass is 127. The molecular weight excluding hydrogens is 489 g/mol. The van der Waals surface area contributed by atoms with E-state index in [0.717, 1.165) is 50.0 Å². The summed E-state index contributed by atoms with van der Waals surface area (Å²) in [5, 5.41) is 13.0. The number of fused-ring (bicyclic) bond motifs is 2. The van der Waals surface area contributed by atoms with Crippen LogP contribution in [0.1, 0.15) is 49.0 Å². The fourth-order valence-corrected chi connectivity index (χ4v) is 3.96. The molecule has 0 radical (unpaired) electrons. The van der Waals surface area contributed by atoms with Crippen molar-refractivity contribution >= 4 is 40.8 Å². The number of guanidine groups is 1. The van der Waals surface area contributed by atoms with E-state index in [1.807, 2.05) is 7.05 Å². The average molecular weight is 521 g/mol. The number of nitrogens with one attached hydrogen (secondary N) is 3. The smallest absolute Gasteiger partial charge is 0.191 e. The molecule has 0 saturated heterocycles. The summed E-state index contributed by atoms with van der Waals surface area (Å²) in [5.74, 6) is 3.25. The van der Waals surface area contributed by atoms with Crippen molar-refractivity contribution in [2.24, 2.45) is 4.99 Å². The molecule has 2 aromatic heterocycles. The van der Waals surface area contributed by atoms with Gasteiger partial charge in [-0.2, -0.15) is 5.10 Å². The van der Waals surface area contributed by atoms with Crippen molar-refractivity contribution in [3.05, 3.63) is 47.2 Å². The van der Waals surface area contributed by atoms with Crippen LogP contribution in [-0.4, -0.2) is 45.3 Å². The lowest BCUT2D eigenvalue weighted by molar-refractivity contribution is 0.391. The molecule has 1 unspecified atom stereocenters. The molecule has 0 bridgehead atoms. The molecule has 0 fully saturated rings. The fraction of sp³-hybridized carbons (Fsp3) is 0.500. The van der Waals surface area contributed by atoms with Gasteiger partial charge in [-0.1, -0.05) is 32.0 Å². The Labute approximate surface area is 195 Å². The third-order valence-corrected chi connectivity index (χ3v) is 5.65. The molecule has 3 aromatic rings. The summed E-state index contributed by atoms with van der Waals surface area (Å²) < 4.78 is 2.05. The summed E-state index contributed by atoms with van der Waals surface area (Å²) in [6.07, 6.45) is 5.05. The maximum atomic E-state index is 4.67. The Morgan fingerprint density at radius 2 is 2.20 bits per heavy atom. The summed E-state index contributed by atoms with van der Waals surface area (Å²) in [7, 11) is 1.82. The molecule has 162 valence electrons.